The molecule has 2 aromatic rings. The van der Waals surface area contributed by atoms with Crippen LogP contribution in [0, 0.1) is 6.92 Å². The molecule has 0 bridgehead atoms. The quantitative estimate of drug-likeness (QED) is 0.801. The van der Waals surface area contributed by atoms with Gasteiger partial charge in [-0.25, -0.2) is 4.79 Å². The number of phenolic OH excluding ortho intramolecular Hbond substituents is 2. The molecule has 0 unspecified atom stereocenters. The Kier molecular flexibility index (Phi) is 5.12. The summed E-state index contributed by atoms with van der Waals surface area (Å²) >= 11 is 0. The molecule has 2 amide bonds. The molecule has 132 valence electrons. The van der Waals surface area contributed by atoms with Gasteiger partial charge in [0.15, 0.2) is 0 Å². The molecule has 25 heavy (non-hydrogen) atoms. The van der Waals surface area contributed by atoms with Gasteiger partial charge in [0.1, 0.15) is 11.5 Å². The lowest BCUT2D eigenvalue weighted by Crippen LogP contribution is -2.43. The van der Waals surface area contributed by atoms with Crippen LogP contribution in [0.3, 0.4) is 0 Å². The van der Waals surface area contributed by atoms with E-state index in [9.17, 15) is 15.0 Å². The number of hydrogen-bond donors (Lipinski definition) is 3. The number of urea groups is 1. The number of amides is 2. The first-order valence-electron chi connectivity index (χ1n) is 8.63. The Labute approximate surface area is 147 Å². The predicted octanol–water partition coefficient (Wildman–Crippen LogP) is 3.50. The highest BCUT2D eigenvalue weighted by atomic mass is 16.3. The molecule has 0 saturated carbocycles. The highest BCUT2D eigenvalue weighted by molar-refractivity contribution is 5.74. The molecule has 0 atom stereocenters. The predicted molar refractivity (Wildman–Crippen MR) is 96.7 cm³/mol. The lowest BCUT2D eigenvalue weighted by molar-refractivity contribution is 0.180. The van der Waals surface area contributed by atoms with Crippen LogP contribution in [0.1, 0.15) is 35.4 Å². The number of hydrogen-bond acceptors (Lipinski definition) is 3. The molecule has 3 rings (SSSR count). The molecular formula is C20H24N2O3. The zero-order chi connectivity index (χ0) is 17.8. The molecule has 5 nitrogen and oxygen atoms in total. The van der Waals surface area contributed by atoms with Crippen molar-refractivity contribution in [3.05, 3.63) is 59.2 Å². The minimum Gasteiger partial charge on any atom is -0.508 e. The normalized spacial score (nSPS) is 15.2. The maximum absolute atomic E-state index is 12.3. The second-order valence-electron chi connectivity index (χ2n) is 6.65. The fourth-order valence-electron chi connectivity index (χ4n) is 3.38. The number of nitrogens with one attached hydrogen (secondary N) is 1. The Bertz CT molecular complexity index is 752. The van der Waals surface area contributed by atoms with Crippen molar-refractivity contribution >= 4 is 6.03 Å². The first-order valence-corrected chi connectivity index (χ1v) is 8.63. The van der Waals surface area contributed by atoms with Crippen LogP contribution in [0.4, 0.5) is 4.79 Å². The van der Waals surface area contributed by atoms with Crippen LogP contribution in [0.5, 0.6) is 11.5 Å². The summed E-state index contributed by atoms with van der Waals surface area (Å²) in [5.41, 5.74) is 3.12. The maximum Gasteiger partial charge on any atom is 0.317 e. The third-order valence-electron chi connectivity index (χ3n) is 4.76. The first-order chi connectivity index (χ1) is 12.0. The van der Waals surface area contributed by atoms with Crippen molar-refractivity contribution < 1.29 is 15.0 Å². The van der Waals surface area contributed by atoms with E-state index in [0.717, 1.165) is 24.0 Å². The third-order valence-corrected chi connectivity index (χ3v) is 4.76. The molecule has 1 aliphatic rings. The molecule has 0 aromatic heterocycles. The highest BCUT2D eigenvalue weighted by Gasteiger charge is 2.25. The number of carbonyl (C=O) groups excluding carboxylic acids is 1. The average molecular weight is 340 g/mol. The zero-order valence-corrected chi connectivity index (χ0v) is 14.4. The van der Waals surface area contributed by atoms with Gasteiger partial charge in [0.25, 0.3) is 0 Å². The van der Waals surface area contributed by atoms with Gasteiger partial charge in [-0.15, -0.1) is 0 Å². The van der Waals surface area contributed by atoms with Crippen LogP contribution in [0.25, 0.3) is 0 Å². The molecule has 5 heteroatoms. The van der Waals surface area contributed by atoms with Gasteiger partial charge in [-0.2, -0.15) is 0 Å². The molecular weight excluding hydrogens is 316 g/mol. The lowest BCUT2D eigenvalue weighted by atomic mass is 9.89. The molecule has 0 radical (unpaired) electrons. The van der Waals surface area contributed by atoms with Crippen LogP contribution in [0.15, 0.2) is 42.5 Å². The fraction of sp³-hybridized carbons (Fsp3) is 0.350. The Morgan fingerprint density at radius 3 is 2.60 bits per heavy atom. The number of carbonyl (C=O) groups is 1. The monoisotopic (exact) mass is 340 g/mol. The van der Waals surface area contributed by atoms with Gasteiger partial charge in [-0.1, -0.05) is 35.9 Å². The third kappa shape index (κ3) is 4.24. The molecule has 1 fully saturated rings. The Morgan fingerprint density at radius 2 is 1.92 bits per heavy atom. The molecule has 3 N–H and O–H groups in total. The summed E-state index contributed by atoms with van der Waals surface area (Å²) < 4.78 is 0. The van der Waals surface area contributed by atoms with Crippen LogP contribution >= 0.6 is 0 Å². The SMILES string of the molecule is Cc1cccc(CNC(=O)N2CCC(c3ccc(O)cc3O)CC2)c1. The second kappa shape index (κ2) is 7.47. The molecule has 0 aliphatic carbocycles. The van der Waals surface area contributed by atoms with Crippen molar-refractivity contribution in [3.63, 3.8) is 0 Å². The number of benzene rings is 2. The summed E-state index contributed by atoms with van der Waals surface area (Å²) in [5.74, 6) is 0.401. The molecule has 1 saturated heterocycles. The van der Waals surface area contributed by atoms with Gasteiger partial charge in [-0.05, 0) is 42.9 Å². The zero-order valence-electron chi connectivity index (χ0n) is 14.4. The maximum atomic E-state index is 12.3. The van der Waals surface area contributed by atoms with E-state index >= 15 is 0 Å². The smallest absolute Gasteiger partial charge is 0.317 e. The van der Waals surface area contributed by atoms with Crippen molar-refractivity contribution in [2.45, 2.75) is 32.2 Å². The van der Waals surface area contributed by atoms with E-state index in [-0.39, 0.29) is 23.4 Å². The van der Waals surface area contributed by atoms with E-state index in [1.165, 1.54) is 11.6 Å². The second-order valence-corrected chi connectivity index (χ2v) is 6.65. The summed E-state index contributed by atoms with van der Waals surface area (Å²) in [4.78, 5) is 14.2. The Hall–Kier alpha value is -2.69. The molecule has 0 spiro atoms. The van der Waals surface area contributed by atoms with Gasteiger partial charge in [0, 0.05) is 25.7 Å². The number of aromatic hydroxyl groups is 2. The van der Waals surface area contributed by atoms with Gasteiger partial charge in [-0.3, -0.25) is 0 Å². The minimum absolute atomic E-state index is 0.0464. The number of aryl methyl sites for hydroxylation is 1. The van der Waals surface area contributed by atoms with E-state index in [4.69, 9.17) is 0 Å². The number of piperidine rings is 1. The van der Waals surface area contributed by atoms with E-state index in [2.05, 4.69) is 11.4 Å². The number of rotatable bonds is 3. The van der Waals surface area contributed by atoms with E-state index in [0.29, 0.717) is 19.6 Å². The van der Waals surface area contributed by atoms with Crippen LogP contribution in [-0.4, -0.2) is 34.2 Å². The van der Waals surface area contributed by atoms with Gasteiger partial charge in [0.05, 0.1) is 0 Å². The summed E-state index contributed by atoms with van der Waals surface area (Å²) in [6.07, 6.45) is 1.60. The first kappa shape index (κ1) is 17.1. The van der Waals surface area contributed by atoms with Crippen molar-refractivity contribution in [2.75, 3.05) is 13.1 Å². The van der Waals surface area contributed by atoms with Gasteiger partial charge in [0.2, 0.25) is 0 Å². The van der Waals surface area contributed by atoms with E-state index < -0.39 is 0 Å². The van der Waals surface area contributed by atoms with Crippen LogP contribution in [0.2, 0.25) is 0 Å². The minimum atomic E-state index is -0.0464. The van der Waals surface area contributed by atoms with Gasteiger partial charge < -0.3 is 20.4 Å². The van der Waals surface area contributed by atoms with Gasteiger partial charge >= 0.3 is 6.03 Å². The summed E-state index contributed by atoms with van der Waals surface area (Å²) in [6.45, 7) is 3.88. The van der Waals surface area contributed by atoms with Crippen molar-refractivity contribution in [1.29, 1.82) is 0 Å². The largest absolute Gasteiger partial charge is 0.508 e. The topological polar surface area (TPSA) is 72.8 Å². The fourth-order valence-corrected chi connectivity index (χ4v) is 3.38. The van der Waals surface area contributed by atoms with Crippen molar-refractivity contribution in [1.82, 2.24) is 10.2 Å². The average Bonchev–Trinajstić information content (AvgIpc) is 2.60. The number of likely N-dealkylation sites (tertiary alicyclic amines) is 1. The summed E-state index contributed by atoms with van der Waals surface area (Å²) in [5, 5.41) is 22.4. The number of nitrogens with zero attached hydrogens (tertiary/aromatic N) is 1. The lowest BCUT2D eigenvalue weighted by Gasteiger charge is -2.32. The van der Waals surface area contributed by atoms with Crippen molar-refractivity contribution in [2.24, 2.45) is 0 Å². The summed E-state index contributed by atoms with van der Waals surface area (Å²) in [7, 11) is 0. The van der Waals surface area contributed by atoms with Crippen molar-refractivity contribution in [3.8, 4) is 11.5 Å². The Morgan fingerprint density at radius 1 is 1.16 bits per heavy atom. The number of phenols is 2. The van der Waals surface area contributed by atoms with E-state index in [1.54, 1.807) is 12.1 Å². The van der Waals surface area contributed by atoms with E-state index in [1.807, 2.05) is 30.0 Å². The van der Waals surface area contributed by atoms with Crippen LogP contribution < -0.4 is 5.32 Å². The summed E-state index contributed by atoms with van der Waals surface area (Å²) in [6, 6.07) is 12.8. The standard InChI is InChI=1S/C20H24N2O3/c1-14-3-2-4-15(11-14)13-21-20(25)22-9-7-16(8-10-22)18-6-5-17(23)12-19(18)24/h2-6,11-12,16,23-24H,7-10,13H2,1H3,(H,21,25). The highest BCUT2D eigenvalue weighted by Crippen LogP contribution is 2.35. The van der Waals surface area contributed by atoms with Crippen LogP contribution in [-0.2, 0) is 6.54 Å². The molecule has 2 aromatic carbocycles. The molecule has 1 heterocycles. The Balaban J connectivity index is 1.52. The molecule has 1 aliphatic heterocycles.